The first-order valence-electron chi connectivity index (χ1n) is 8.62. The van der Waals surface area contributed by atoms with E-state index in [1.54, 1.807) is 19.1 Å². The summed E-state index contributed by atoms with van der Waals surface area (Å²) in [6.45, 7) is 6.08. The van der Waals surface area contributed by atoms with Crippen LogP contribution in [0.2, 0.25) is 0 Å². The van der Waals surface area contributed by atoms with E-state index in [4.69, 9.17) is 5.14 Å². The van der Waals surface area contributed by atoms with Crippen molar-refractivity contribution in [2.45, 2.75) is 45.1 Å². The van der Waals surface area contributed by atoms with E-state index in [-0.39, 0.29) is 28.5 Å². The van der Waals surface area contributed by atoms with Crippen molar-refractivity contribution in [3.05, 3.63) is 52.3 Å². The van der Waals surface area contributed by atoms with Crippen molar-refractivity contribution in [1.82, 2.24) is 10.3 Å². The number of Topliss-reactive ketones (excluding diaryl/α,β-unsaturated/α-hetero) is 1. The van der Waals surface area contributed by atoms with Crippen LogP contribution < -0.4 is 10.5 Å². The van der Waals surface area contributed by atoms with Crippen LogP contribution in [0.5, 0.6) is 0 Å². The number of primary sulfonamides is 1. The summed E-state index contributed by atoms with van der Waals surface area (Å²) in [6, 6.07) is 5.99. The van der Waals surface area contributed by atoms with Crippen LogP contribution in [0.4, 0.5) is 0 Å². The molecule has 3 rings (SSSR count). The number of nitrogens with one attached hydrogen (secondary N) is 2. The lowest BCUT2D eigenvalue weighted by molar-refractivity contribution is 0.0909. The number of nitrogens with two attached hydrogens (primary N) is 1. The molecule has 0 saturated carbocycles. The Hall–Kier alpha value is -2.45. The molecule has 1 aliphatic rings. The van der Waals surface area contributed by atoms with Crippen molar-refractivity contribution < 1.29 is 18.0 Å². The van der Waals surface area contributed by atoms with Gasteiger partial charge in [-0.15, -0.1) is 0 Å². The maximum absolute atomic E-state index is 12.6. The number of ketones is 1. The highest BCUT2D eigenvalue weighted by Crippen LogP contribution is 2.36. The molecular weight excluding hydrogens is 366 g/mol. The summed E-state index contributed by atoms with van der Waals surface area (Å²) in [5.41, 5.74) is 3.13. The molecule has 4 N–H and O–H groups in total. The highest BCUT2D eigenvalue weighted by molar-refractivity contribution is 7.89. The molecule has 1 heterocycles. The number of sulfonamides is 1. The first kappa shape index (κ1) is 19.3. The standard InChI is InChI=1S/C19H23N3O4S/c1-11-16-14(8-19(2,3)9-15(16)23)22-17(11)18(24)21-10-12-4-6-13(7-5-12)27(20,25)26/h4-7,22H,8-10H2,1-3H3,(H,21,24)(H2,20,25,26). The SMILES string of the molecule is Cc1c(C(=O)NCc2ccc(S(N)(=O)=O)cc2)[nH]c2c1C(=O)CC(C)(C)C2. The summed E-state index contributed by atoms with van der Waals surface area (Å²) in [7, 11) is -3.74. The van der Waals surface area contributed by atoms with Crippen molar-refractivity contribution in [3.8, 4) is 0 Å². The van der Waals surface area contributed by atoms with E-state index in [9.17, 15) is 18.0 Å². The minimum Gasteiger partial charge on any atom is -0.354 e. The molecule has 1 aromatic carbocycles. The highest BCUT2D eigenvalue weighted by Gasteiger charge is 2.35. The molecule has 1 aliphatic carbocycles. The van der Waals surface area contributed by atoms with Crippen LogP contribution in [0.25, 0.3) is 0 Å². The van der Waals surface area contributed by atoms with Gasteiger partial charge >= 0.3 is 0 Å². The van der Waals surface area contributed by atoms with Gasteiger partial charge in [0.2, 0.25) is 10.0 Å². The van der Waals surface area contributed by atoms with Crippen LogP contribution in [0.3, 0.4) is 0 Å². The molecular formula is C19H23N3O4S. The van der Waals surface area contributed by atoms with Crippen molar-refractivity contribution in [3.63, 3.8) is 0 Å². The number of carbonyl (C=O) groups excluding carboxylic acids is 2. The lowest BCUT2D eigenvalue weighted by Gasteiger charge is -2.28. The summed E-state index contributed by atoms with van der Waals surface area (Å²) in [4.78, 5) is 28.2. The summed E-state index contributed by atoms with van der Waals surface area (Å²) in [6.07, 6.45) is 1.19. The third kappa shape index (κ3) is 3.96. The number of hydrogen-bond donors (Lipinski definition) is 3. The van der Waals surface area contributed by atoms with Crippen LogP contribution in [0, 0.1) is 12.3 Å². The van der Waals surface area contributed by atoms with Crippen LogP contribution in [0.1, 0.15) is 57.9 Å². The van der Waals surface area contributed by atoms with E-state index in [2.05, 4.69) is 10.3 Å². The van der Waals surface area contributed by atoms with Gasteiger partial charge in [0.1, 0.15) is 5.69 Å². The number of amides is 1. The zero-order valence-corrected chi connectivity index (χ0v) is 16.4. The molecule has 0 unspecified atom stereocenters. The second-order valence-corrected chi connectivity index (χ2v) is 9.35. The van der Waals surface area contributed by atoms with E-state index < -0.39 is 10.0 Å². The van der Waals surface area contributed by atoms with Gasteiger partial charge in [-0.3, -0.25) is 9.59 Å². The molecule has 0 fully saturated rings. The largest absolute Gasteiger partial charge is 0.354 e. The number of H-pyrrole nitrogens is 1. The predicted octanol–water partition coefficient (Wildman–Crippen LogP) is 2.06. The summed E-state index contributed by atoms with van der Waals surface area (Å²) in [5.74, 6) is -0.240. The lowest BCUT2D eigenvalue weighted by atomic mass is 9.75. The Bertz CT molecular complexity index is 1020. The fourth-order valence-corrected chi connectivity index (χ4v) is 4.04. The zero-order chi connectivity index (χ0) is 20.0. The summed E-state index contributed by atoms with van der Waals surface area (Å²) < 4.78 is 22.6. The third-order valence-electron chi connectivity index (χ3n) is 4.83. The molecule has 144 valence electrons. The third-order valence-corrected chi connectivity index (χ3v) is 5.76. The summed E-state index contributed by atoms with van der Waals surface area (Å²) >= 11 is 0. The normalized spacial score (nSPS) is 16.1. The van der Waals surface area contributed by atoms with Gasteiger partial charge in [-0.25, -0.2) is 13.6 Å². The van der Waals surface area contributed by atoms with Gasteiger partial charge in [0.25, 0.3) is 5.91 Å². The van der Waals surface area contributed by atoms with Gasteiger partial charge in [-0.1, -0.05) is 26.0 Å². The number of aromatic nitrogens is 1. The Morgan fingerprint density at radius 1 is 1.22 bits per heavy atom. The smallest absolute Gasteiger partial charge is 0.268 e. The van der Waals surface area contributed by atoms with E-state index in [1.165, 1.54) is 12.1 Å². The second-order valence-electron chi connectivity index (χ2n) is 7.79. The van der Waals surface area contributed by atoms with E-state index in [0.717, 1.165) is 17.7 Å². The molecule has 0 atom stereocenters. The fourth-order valence-electron chi connectivity index (χ4n) is 3.53. The predicted molar refractivity (Wildman–Crippen MR) is 101 cm³/mol. The highest BCUT2D eigenvalue weighted by atomic mass is 32.2. The first-order valence-corrected chi connectivity index (χ1v) is 10.2. The minimum atomic E-state index is -3.74. The average Bonchev–Trinajstić information content (AvgIpc) is 2.87. The molecule has 1 aromatic heterocycles. The topological polar surface area (TPSA) is 122 Å². The molecule has 0 saturated heterocycles. The van der Waals surface area contributed by atoms with Crippen LogP contribution >= 0.6 is 0 Å². The van der Waals surface area contributed by atoms with Crippen LogP contribution in [-0.2, 0) is 23.0 Å². The lowest BCUT2D eigenvalue weighted by Crippen LogP contribution is -2.26. The molecule has 0 aliphatic heterocycles. The number of benzene rings is 1. The maximum Gasteiger partial charge on any atom is 0.268 e. The van der Waals surface area contributed by atoms with Gasteiger partial charge in [-0.05, 0) is 42.0 Å². The fraction of sp³-hybridized carbons (Fsp3) is 0.368. The van der Waals surface area contributed by atoms with E-state index in [0.29, 0.717) is 23.2 Å². The molecule has 0 spiro atoms. The Morgan fingerprint density at radius 2 is 1.85 bits per heavy atom. The van der Waals surface area contributed by atoms with Gasteiger partial charge in [0.15, 0.2) is 5.78 Å². The number of fused-ring (bicyclic) bond motifs is 1. The second kappa shape index (κ2) is 6.61. The molecule has 2 aromatic rings. The van der Waals surface area contributed by atoms with Crippen molar-refractivity contribution in [2.24, 2.45) is 10.6 Å². The molecule has 0 radical (unpaired) electrons. The Kier molecular flexibility index (Phi) is 4.73. The van der Waals surface area contributed by atoms with E-state index in [1.807, 2.05) is 13.8 Å². The Morgan fingerprint density at radius 3 is 2.44 bits per heavy atom. The van der Waals surface area contributed by atoms with Crippen LogP contribution in [-0.4, -0.2) is 25.1 Å². The van der Waals surface area contributed by atoms with Gasteiger partial charge in [0, 0.05) is 24.2 Å². The van der Waals surface area contributed by atoms with Crippen molar-refractivity contribution in [1.29, 1.82) is 0 Å². The van der Waals surface area contributed by atoms with Gasteiger partial charge < -0.3 is 10.3 Å². The maximum atomic E-state index is 12.6. The van der Waals surface area contributed by atoms with Crippen molar-refractivity contribution in [2.75, 3.05) is 0 Å². The average molecular weight is 389 g/mol. The Labute approximate surface area is 158 Å². The zero-order valence-electron chi connectivity index (χ0n) is 15.5. The minimum absolute atomic E-state index is 0.0200. The Balaban J connectivity index is 1.75. The molecule has 27 heavy (non-hydrogen) atoms. The molecule has 1 amide bonds. The van der Waals surface area contributed by atoms with Gasteiger partial charge in [0.05, 0.1) is 4.90 Å². The van der Waals surface area contributed by atoms with Crippen molar-refractivity contribution >= 4 is 21.7 Å². The van der Waals surface area contributed by atoms with Gasteiger partial charge in [-0.2, -0.15) is 0 Å². The monoisotopic (exact) mass is 389 g/mol. The molecule has 0 bridgehead atoms. The number of carbonyl (C=O) groups is 2. The number of aromatic amines is 1. The number of rotatable bonds is 4. The first-order chi connectivity index (χ1) is 12.5. The molecule has 7 nitrogen and oxygen atoms in total. The number of hydrogen-bond acceptors (Lipinski definition) is 4. The van der Waals surface area contributed by atoms with E-state index >= 15 is 0 Å². The molecule has 8 heteroatoms. The summed E-state index contributed by atoms with van der Waals surface area (Å²) in [5, 5.41) is 7.87. The quantitative estimate of drug-likeness (QED) is 0.741. The van der Waals surface area contributed by atoms with Crippen LogP contribution in [0.15, 0.2) is 29.2 Å².